The smallest absolute Gasteiger partial charge is 0.335 e. The zero-order valence-electron chi connectivity index (χ0n) is 18.3. The molecule has 1 heterocycles. The minimum atomic E-state index is -1.08. The summed E-state index contributed by atoms with van der Waals surface area (Å²) in [5.41, 5.74) is 5.98. The zero-order chi connectivity index (χ0) is 22.9. The Morgan fingerprint density at radius 3 is 2.55 bits per heavy atom. The number of phenols is 1. The highest BCUT2D eigenvalue weighted by Crippen LogP contribution is 2.36. The Morgan fingerprint density at radius 2 is 1.79 bits per heavy atom. The average molecular weight is 437 g/mol. The molecule has 0 aliphatic carbocycles. The van der Waals surface area contributed by atoms with Crippen LogP contribution >= 0.6 is 0 Å². The van der Waals surface area contributed by atoms with Gasteiger partial charge in [-0.25, -0.2) is 9.78 Å². The molecule has 5 nitrogen and oxygen atoms in total. The van der Waals surface area contributed by atoms with Gasteiger partial charge in [-0.1, -0.05) is 61.9 Å². The molecule has 0 radical (unpaired) electrons. The van der Waals surface area contributed by atoms with E-state index in [1.54, 1.807) is 6.07 Å². The number of unbranched alkanes of at least 4 members (excludes halogenated alkanes) is 1. The number of benzene rings is 4. The number of hydrogen-bond donors (Lipinski definition) is 3. The molecule has 1 aromatic heterocycles. The van der Waals surface area contributed by atoms with Gasteiger partial charge >= 0.3 is 5.97 Å². The van der Waals surface area contributed by atoms with Crippen molar-refractivity contribution in [2.75, 3.05) is 0 Å². The van der Waals surface area contributed by atoms with Crippen molar-refractivity contribution >= 4 is 27.8 Å². The lowest BCUT2D eigenvalue weighted by Gasteiger charge is -2.10. The van der Waals surface area contributed by atoms with Gasteiger partial charge in [0.2, 0.25) is 0 Å². The summed E-state index contributed by atoms with van der Waals surface area (Å²) in [4.78, 5) is 19.7. The molecular formula is C28H24N2O3. The van der Waals surface area contributed by atoms with E-state index in [4.69, 9.17) is 4.98 Å². The zero-order valence-corrected chi connectivity index (χ0v) is 18.3. The average Bonchev–Trinajstić information content (AvgIpc) is 3.27. The topological polar surface area (TPSA) is 86.2 Å². The number of carboxylic acid groups (broad SMARTS) is 1. The number of aromatic carboxylic acids is 1. The summed E-state index contributed by atoms with van der Waals surface area (Å²) in [5, 5.41) is 21.1. The molecule has 4 aromatic carbocycles. The first-order valence-corrected chi connectivity index (χ1v) is 11.1. The highest BCUT2D eigenvalue weighted by Gasteiger charge is 2.16. The van der Waals surface area contributed by atoms with Gasteiger partial charge in [0.25, 0.3) is 0 Å². The van der Waals surface area contributed by atoms with Crippen molar-refractivity contribution in [1.82, 2.24) is 9.97 Å². The number of fused-ring (bicyclic) bond motifs is 3. The fraction of sp³-hybridized carbons (Fsp3) is 0.143. The normalized spacial score (nSPS) is 11.3. The van der Waals surface area contributed by atoms with Crippen LogP contribution in [-0.4, -0.2) is 26.2 Å². The molecule has 0 atom stereocenters. The van der Waals surface area contributed by atoms with Gasteiger partial charge in [-0.3, -0.25) is 0 Å². The highest BCUT2D eigenvalue weighted by atomic mass is 16.4. The molecule has 0 unspecified atom stereocenters. The Bertz CT molecular complexity index is 1490. The Balaban J connectivity index is 1.70. The van der Waals surface area contributed by atoms with Crippen molar-refractivity contribution in [2.45, 2.75) is 26.2 Å². The van der Waals surface area contributed by atoms with E-state index in [1.807, 2.05) is 30.3 Å². The number of carbonyl (C=O) groups is 1. The van der Waals surface area contributed by atoms with Gasteiger partial charge in [-0.15, -0.1) is 0 Å². The first-order chi connectivity index (χ1) is 16.0. The quantitative estimate of drug-likeness (QED) is 0.273. The molecule has 0 saturated heterocycles. The van der Waals surface area contributed by atoms with E-state index in [2.05, 4.69) is 42.2 Å². The molecule has 0 amide bonds. The molecule has 33 heavy (non-hydrogen) atoms. The maximum absolute atomic E-state index is 11.4. The van der Waals surface area contributed by atoms with Crippen molar-refractivity contribution < 1.29 is 15.0 Å². The van der Waals surface area contributed by atoms with Crippen LogP contribution in [0.3, 0.4) is 0 Å². The maximum atomic E-state index is 11.4. The summed E-state index contributed by atoms with van der Waals surface area (Å²) < 4.78 is 0. The van der Waals surface area contributed by atoms with Crippen LogP contribution in [0.5, 0.6) is 5.75 Å². The summed E-state index contributed by atoms with van der Waals surface area (Å²) in [5.74, 6) is -0.422. The molecule has 0 spiro atoms. The number of carboxylic acids is 1. The number of rotatable bonds is 6. The summed E-state index contributed by atoms with van der Waals surface area (Å²) in [6.45, 7) is 2.18. The number of nitrogens with one attached hydrogen (secondary N) is 1. The van der Waals surface area contributed by atoms with Crippen LogP contribution in [0.25, 0.3) is 44.3 Å². The predicted molar refractivity (Wildman–Crippen MR) is 132 cm³/mol. The summed E-state index contributed by atoms with van der Waals surface area (Å²) in [6, 6.07) is 23.3. The van der Waals surface area contributed by atoms with E-state index < -0.39 is 5.97 Å². The fourth-order valence-electron chi connectivity index (χ4n) is 4.35. The summed E-state index contributed by atoms with van der Waals surface area (Å²) in [7, 11) is 0. The van der Waals surface area contributed by atoms with Gasteiger partial charge < -0.3 is 15.2 Å². The van der Waals surface area contributed by atoms with Crippen molar-refractivity contribution in [3.8, 4) is 28.3 Å². The maximum Gasteiger partial charge on any atom is 0.335 e. The third-order valence-corrected chi connectivity index (χ3v) is 6.06. The monoisotopic (exact) mass is 436 g/mol. The lowest BCUT2D eigenvalue weighted by molar-refractivity contribution is 0.0696. The number of H-pyrrole nitrogens is 1. The van der Waals surface area contributed by atoms with Gasteiger partial charge in [0.15, 0.2) is 0 Å². The standard InChI is InChI=1S/C28H24N2O3/c1-2-3-7-18-10-11-19(17-8-5-4-6-9-17)15-22(18)27-29-23-13-12-20-14-21(28(32)33)16-24(31)25(20)26(23)30-27/h4-6,8-16,31H,2-3,7H2,1H3,(H,29,30)(H,32,33). The van der Waals surface area contributed by atoms with Crippen molar-refractivity contribution in [3.05, 3.63) is 83.9 Å². The van der Waals surface area contributed by atoms with Crippen LogP contribution < -0.4 is 0 Å². The van der Waals surface area contributed by atoms with E-state index in [9.17, 15) is 15.0 Å². The molecule has 5 rings (SSSR count). The van der Waals surface area contributed by atoms with Crippen molar-refractivity contribution in [1.29, 1.82) is 0 Å². The number of imidazole rings is 1. The molecule has 164 valence electrons. The van der Waals surface area contributed by atoms with Gasteiger partial charge in [0.1, 0.15) is 17.1 Å². The Labute approximate surface area is 191 Å². The second kappa shape index (κ2) is 8.43. The fourth-order valence-corrected chi connectivity index (χ4v) is 4.35. The van der Waals surface area contributed by atoms with E-state index in [-0.39, 0.29) is 11.3 Å². The van der Waals surface area contributed by atoms with Gasteiger partial charge in [-0.2, -0.15) is 0 Å². The van der Waals surface area contributed by atoms with Gasteiger partial charge in [0, 0.05) is 5.56 Å². The first-order valence-electron chi connectivity index (χ1n) is 11.1. The first kappa shape index (κ1) is 20.8. The van der Waals surface area contributed by atoms with Crippen LogP contribution in [0, 0.1) is 0 Å². The number of phenolic OH excluding ortho intramolecular Hbond substituents is 1. The molecule has 3 N–H and O–H groups in total. The molecule has 0 fully saturated rings. The highest BCUT2D eigenvalue weighted by molar-refractivity contribution is 6.10. The molecule has 0 aliphatic rings. The molecular weight excluding hydrogens is 412 g/mol. The van der Waals surface area contributed by atoms with Crippen molar-refractivity contribution in [3.63, 3.8) is 0 Å². The number of aryl methyl sites for hydroxylation is 1. The lowest BCUT2D eigenvalue weighted by Crippen LogP contribution is -1.95. The van der Waals surface area contributed by atoms with E-state index in [1.165, 1.54) is 11.6 Å². The minimum absolute atomic E-state index is 0.0486. The third-order valence-electron chi connectivity index (χ3n) is 6.06. The summed E-state index contributed by atoms with van der Waals surface area (Å²) in [6.07, 6.45) is 3.13. The lowest BCUT2D eigenvalue weighted by atomic mass is 9.96. The van der Waals surface area contributed by atoms with E-state index in [0.29, 0.717) is 16.3 Å². The Hall–Kier alpha value is -4.12. The molecule has 0 bridgehead atoms. The molecule has 0 saturated carbocycles. The number of aromatic nitrogens is 2. The predicted octanol–water partition coefficient (Wildman–Crippen LogP) is 6.80. The number of hydrogen-bond acceptors (Lipinski definition) is 3. The SMILES string of the molecule is CCCCc1ccc(-c2ccccc2)cc1-c1nc2c(ccc3cc(C(=O)O)cc(O)c32)[nH]1. The number of nitrogens with zero attached hydrogens (tertiary/aromatic N) is 1. The van der Waals surface area contributed by atoms with E-state index >= 15 is 0 Å². The van der Waals surface area contributed by atoms with Crippen molar-refractivity contribution in [2.24, 2.45) is 0 Å². The third kappa shape index (κ3) is 3.82. The second-order valence-corrected chi connectivity index (χ2v) is 8.29. The van der Waals surface area contributed by atoms with Crippen LogP contribution in [0.4, 0.5) is 0 Å². The van der Waals surface area contributed by atoms with Crippen LogP contribution in [0.1, 0.15) is 35.7 Å². The second-order valence-electron chi connectivity index (χ2n) is 8.29. The van der Waals surface area contributed by atoms with Gasteiger partial charge in [0.05, 0.1) is 16.5 Å². The summed E-state index contributed by atoms with van der Waals surface area (Å²) >= 11 is 0. The largest absolute Gasteiger partial charge is 0.507 e. The molecule has 5 aromatic rings. The Kier molecular flexibility index (Phi) is 5.31. The molecule has 0 aliphatic heterocycles. The van der Waals surface area contributed by atoms with E-state index in [0.717, 1.165) is 47.3 Å². The number of aromatic amines is 1. The minimum Gasteiger partial charge on any atom is -0.507 e. The molecule has 5 heteroatoms. The van der Waals surface area contributed by atoms with Gasteiger partial charge in [-0.05, 0) is 59.2 Å². The van der Waals surface area contributed by atoms with Crippen LogP contribution in [-0.2, 0) is 6.42 Å². The Morgan fingerprint density at radius 1 is 0.970 bits per heavy atom. The number of aromatic hydroxyl groups is 1. The van der Waals surface area contributed by atoms with Crippen LogP contribution in [0.15, 0.2) is 72.8 Å². The van der Waals surface area contributed by atoms with Crippen LogP contribution in [0.2, 0.25) is 0 Å².